The Morgan fingerprint density at radius 2 is 1.94 bits per heavy atom. The van der Waals surface area contributed by atoms with Gasteiger partial charge in [0.2, 0.25) is 0 Å². The number of H-pyrrole nitrogens is 1. The molecule has 0 radical (unpaired) electrons. The fraction of sp³-hybridized carbons (Fsp3) is 0.391. The van der Waals surface area contributed by atoms with Gasteiger partial charge in [-0.3, -0.25) is 9.59 Å². The molecule has 1 aromatic carbocycles. The number of carboxylic acid groups (broad SMARTS) is 1. The summed E-state index contributed by atoms with van der Waals surface area (Å²) in [7, 11) is 2.03. The molecule has 13 heteroatoms. The maximum absolute atomic E-state index is 13.1. The zero-order chi connectivity index (χ0) is 24.7. The summed E-state index contributed by atoms with van der Waals surface area (Å²) in [5.74, 6) is -0.693. The van der Waals surface area contributed by atoms with E-state index in [4.69, 9.17) is 11.6 Å². The van der Waals surface area contributed by atoms with E-state index >= 15 is 0 Å². The molecule has 10 nitrogen and oxygen atoms in total. The molecule has 2 aromatic heterocycles. The van der Waals surface area contributed by atoms with Crippen molar-refractivity contribution in [3.8, 4) is 0 Å². The number of thiazole rings is 1. The molecule has 0 bridgehead atoms. The molecule has 2 aliphatic heterocycles. The smallest absolute Gasteiger partial charge is 0.407 e. The summed E-state index contributed by atoms with van der Waals surface area (Å²) in [4.78, 5) is 49.8. The highest BCUT2D eigenvalue weighted by atomic mass is 35.5. The van der Waals surface area contributed by atoms with Gasteiger partial charge in [0.05, 0.1) is 17.8 Å². The Labute approximate surface area is 222 Å². The molecule has 3 amide bonds. The number of piperidine rings is 1. The molecular weight excluding hydrogens is 527 g/mol. The maximum atomic E-state index is 13.1. The third-order valence-corrected chi connectivity index (χ3v) is 7.78. The summed E-state index contributed by atoms with van der Waals surface area (Å²) >= 11 is 7.41. The van der Waals surface area contributed by atoms with E-state index in [1.807, 2.05) is 7.05 Å². The van der Waals surface area contributed by atoms with Gasteiger partial charge in [0.15, 0.2) is 5.01 Å². The number of likely N-dealkylation sites (N-methyl/N-ethyl adjacent to an activating group) is 1. The fourth-order valence-electron chi connectivity index (χ4n) is 4.57. The minimum atomic E-state index is -1.06. The number of aromatic nitrogens is 2. The van der Waals surface area contributed by atoms with Crippen molar-refractivity contribution in [1.82, 2.24) is 30.4 Å². The van der Waals surface area contributed by atoms with Crippen LogP contribution in [0, 0.1) is 0 Å². The summed E-state index contributed by atoms with van der Waals surface area (Å²) in [5, 5.41) is 17.1. The zero-order valence-electron chi connectivity index (χ0n) is 19.4. The number of likely N-dealkylation sites (tertiary alicyclic amines) is 1. The number of hydrogen-bond donors (Lipinski definition) is 4. The predicted molar refractivity (Wildman–Crippen MR) is 139 cm³/mol. The Hall–Kier alpha value is -2.86. The van der Waals surface area contributed by atoms with E-state index < -0.39 is 18.2 Å². The first kappa shape index (κ1) is 26.2. The van der Waals surface area contributed by atoms with E-state index in [1.54, 1.807) is 24.3 Å². The number of hydrogen-bond acceptors (Lipinski definition) is 6. The summed E-state index contributed by atoms with van der Waals surface area (Å²) in [6, 6.07) is 5.98. The molecule has 192 valence electrons. The van der Waals surface area contributed by atoms with Crippen molar-refractivity contribution in [2.45, 2.75) is 31.5 Å². The first-order valence-corrected chi connectivity index (χ1v) is 12.5. The Morgan fingerprint density at radius 1 is 1.17 bits per heavy atom. The third-order valence-electron chi connectivity index (χ3n) is 6.46. The Balaban J connectivity index is 0.00000304. The van der Waals surface area contributed by atoms with Gasteiger partial charge in [0.1, 0.15) is 5.69 Å². The molecular formula is C23H26Cl2N6O4S. The summed E-state index contributed by atoms with van der Waals surface area (Å²) in [6.45, 7) is 1.97. The summed E-state index contributed by atoms with van der Waals surface area (Å²) in [6.07, 6.45) is 0.100. The normalized spacial score (nSPS) is 19.9. The van der Waals surface area contributed by atoms with Crippen LogP contribution in [0.25, 0.3) is 10.9 Å². The van der Waals surface area contributed by atoms with Gasteiger partial charge >= 0.3 is 6.09 Å². The van der Waals surface area contributed by atoms with Crippen LogP contribution >= 0.6 is 35.3 Å². The van der Waals surface area contributed by atoms with Crippen LogP contribution in [-0.4, -0.2) is 81.5 Å². The van der Waals surface area contributed by atoms with Gasteiger partial charge < -0.3 is 30.5 Å². The molecule has 1 saturated heterocycles. The molecule has 4 N–H and O–H groups in total. The standard InChI is InChI=1S/C23H25ClN6O4S.ClH/c1-29-6-4-16-19(11-29)35-22(28-16)21(32)27-18-10-30(23(33)34)7-5-15(18)26-20(31)17-9-12-8-13(24)2-3-14(12)25-17;/h2-3,8-9,15,18,25H,4-7,10-11H2,1H3,(H,26,31)(H,27,32)(H,33,34);1H. The quantitative estimate of drug-likeness (QED) is 0.393. The number of amides is 3. The highest BCUT2D eigenvalue weighted by Gasteiger charge is 2.35. The van der Waals surface area contributed by atoms with E-state index in [9.17, 15) is 19.5 Å². The summed E-state index contributed by atoms with van der Waals surface area (Å²) in [5.41, 5.74) is 2.09. The Kier molecular flexibility index (Phi) is 7.74. The average molecular weight is 553 g/mol. The Morgan fingerprint density at radius 3 is 2.72 bits per heavy atom. The van der Waals surface area contributed by atoms with Crippen molar-refractivity contribution in [2.75, 3.05) is 26.7 Å². The third kappa shape index (κ3) is 5.44. The second kappa shape index (κ2) is 10.6. The Bertz CT molecular complexity index is 1310. The second-order valence-corrected chi connectivity index (χ2v) is 10.5. The number of fused-ring (bicyclic) bond motifs is 2. The van der Waals surface area contributed by atoms with Gasteiger partial charge in [0, 0.05) is 53.4 Å². The largest absolute Gasteiger partial charge is 0.465 e. The molecule has 4 heterocycles. The van der Waals surface area contributed by atoms with Crippen LogP contribution in [0.1, 0.15) is 37.3 Å². The molecule has 3 aromatic rings. The molecule has 2 aliphatic rings. The zero-order valence-corrected chi connectivity index (χ0v) is 21.8. The highest BCUT2D eigenvalue weighted by Crippen LogP contribution is 2.25. The fourth-order valence-corrected chi connectivity index (χ4v) is 5.84. The second-order valence-electron chi connectivity index (χ2n) is 8.97. The van der Waals surface area contributed by atoms with Crippen LogP contribution in [0.4, 0.5) is 4.79 Å². The van der Waals surface area contributed by atoms with Gasteiger partial charge in [-0.2, -0.15) is 0 Å². The number of benzene rings is 1. The molecule has 2 unspecified atom stereocenters. The first-order valence-electron chi connectivity index (χ1n) is 11.3. The predicted octanol–water partition coefficient (Wildman–Crippen LogP) is 2.97. The molecule has 2 atom stereocenters. The number of halogens is 2. The number of aromatic amines is 1. The molecule has 0 saturated carbocycles. The van der Waals surface area contributed by atoms with Gasteiger partial charge in [0.25, 0.3) is 11.8 Å². The lowest BCUT2D eigenvalue weighted by atomic mass is 9.99. The van der Waals surface area contributed by atoms with Crippen molar-refractivity contribution in [3.05, 3.63) is 50.6 Å². The lowest BCUT2D eigenvalue weighted by molar-refractivity contribution is 0.0792. The van der Waals surface area contributed by atoms with Crippen LogP contribution < -0.4 is 10.6 Å². The molecule has 5 rings (SSSR count). The van der Waals surface area contributed by atoms with Crippen molar-refractivity contribution >= 4 is 64.2 Å². The number of rotatable bonds is 4. The highest BCUT2D eigenvalue weighted by molar-refractivity contribution is 7.13. The van der Waals surface area contributed by atoms with E-state index in [-0.39, 0.29) is 37.3 Å². The SMILES string of the molecule is CN1CCc2nc(C(=O)NC3CN(C(=O)O)CCC3NC(=O)c3cc4cc(Cl)ccc4[nH]3)sc2C1.Cl. The molecule has 0 spiro atoms. The molecule has 0 aliphatic carbocycles. The van der Waals surface area contributed by atoms with E-state index in [0.29, 0.717) is 22.1 Å². The summed E-state index contributed by atoms with van der Waals surface area (Å²) < 4.78 is 0. The first-order chi connectivity index (χ1) is 16.8. The monoisotopic (exact) mass is 552 g/mol. The lowest BCUT2D eigenvalue weighted by Gasteiger charge is -2.37. The van der Waals surface area contributed by atoms with Crippen LogP contribution in [-0.2, 0) is 13.0 Å². The van der Waals surface area contributed by atoms with Crippen LogP contribution in [0.3, 0.4) is 0 Å². The van der Waals surface area contributed by atoms with Crippen LogP contribution in [0.2, 0.25) is 5.02 Å². The number of carbonyl (C=O) groups excluding carboxylic acids is 2. The number of nitrogens with zero attached hydrogens (tertiary/aromatic N) is 3. The average Bonchev–Trinajstić information content (AvgIpc) is 3.43. The number of carbonyl (C=O) groups is 3. The van der Waals surface area contributed by atoms with Crippen molar-refractivity contribution in [2.24, 2.45) is 0 Å². The van der Waals surface area contributed by atoms with Crippen molar-refractivity contribution in [1.29, 1.82) is 0 Å². The van der Waals surface area contributed by atoms with Crippen molar-refractivity contribution < 1.29 is 19.5 Å². The van der Waals surface area contributed by atoms with E-state index in [0.717, 1.165) is 41.0 Å². The van der Waals surface area contributed by atoms with Gasteiger partial charge in [-0.05, 0) is 37.7 Å². The van der Waals surface area contributed by atoms with E-state index in [2.05, 4.69) is 25.5 Å². The minimum absolute atomic E-state index is 0. The van der Waals surface area contributed by atoms with Gasteiger partial charge in [-0.25, -0.2) is 9.78 Å². The van der Waals surface area contributed by atoms with Gasteiger partial charge in [-0.1, -0.05) is 11.6 Å². The van der Waals surface area contributed by atoms with Crippen LogP contribution in [0.15, 0.2) is 24.3 Å². The molecule has 36 heavy (non-hydrogen) atoms. The maximum Gasteiger partial charge on any atom is 0.407 e. The van der Waals surface area contributed by atoms with Crippen LogP contribution in [0.5, 0.6) is 0 Å². The van der Waals surface area contributed by atoms with Gasteiger partial charge in [-0.15, -0.1) is 23.7 Å². The number of nitrogens with one attached hydrogen (secondary N) is 3. The topological polar surface area (TPSA) is 131 Å². The van der Waals surface area contributed by atoms with E-state index in [1.165, 1.54) is 16.2 Å². The minimum Gasteiger partial charge on any atom is -0.465 e. The molecule has 1 fully saturated rings. The van der Waals surface area contributed by atoms with Crippen molar-refractivity contribution in [3.63, 3.8) is 0 Å². The lowest BCUT2D eigenvalue weighted by Crippen LogP contribution is -2.61.